The van der Waals surface area contributed by atoms with Crippen molar-refractivity contribution in [3.05, 3.63) is 64.7 Å². The minimum atomic E-state index is -4.36. The average molecular weight is 542 g/mol. The molecule has 0 radical (unpaired) electrons. The van der Waals surface area contributed by atoms with Gasteiger partial charge >= 0.3 is 6.18 Å². The van der Waals surface area contributed by atoms with Crippen LogP contribution >= 0.6 is 0 Å². The van der Waals surface area contributed by atoms with Crippen LogP contribution in [-0.2, 0) is 22.3 Å². The highest BCUT2D eigenvalue weighted by Gasteiger charge is 2.43. The first-order chi connectivity index (χ1) is 18.7. The van der Waals surface area contributed by atoms with Crippen molar-refractivity contribution in [1.29, 1.82) is 0 Å². The van der Waals surface area contributed by atoms with E-state index in [1.165, 1.54) is 11.0 Å². The van der Waals surface area contributed by atoms with Gasteiger partial charge in [-0.1, -0.05) is 24.6 Å². The number of fused-ring (bicyclic) bond motifs is 1. The third kappa shape index (κ3) is 4.90. The van der Waals surface area contributed by atoms with Crippen molar-refractivity contribution in [1.82, 2.24) is 15.1 Å². The summed E-state index contributed by atoms with van der Waals surface area (Å²) in [5, 5.41) is 2.31. The molecule has 1 saturated carbocycles. The molecule has 206 valence electrons. The summed E-state index contributed by atoms with van der Waals surface area (Å²) < 4.78 is 47.0. The number of carbonyl (C=O) groups excluding carboxylic acids is 3. The van der Waals surface area contributed by atoms with Gasteiger partial charge in [0.15, 0.2) is 0 Å². The van der Waals surface area contributed by atoms with Gasteiger partial charge in [-0.25, -0.2) is 0 Å². The maximum absolute atomic E-state index is 13.5. The predicted molar refractivity (Wildman–Crippen MR) is 135 cm³/mol. The lowest BCUT2D eigenvalue weighted by Gasteiger charge is -2.49. The fourth-order valence-electron chi connectivity index (χ4n) is 6.52. The van der Waals surface area contributed by atoms with Crippen LogP contribution in [0.3, 0.4) is 0 Å². The van der Waals surface area contributed by atoms with Crippen LogP contribution in [0.1, 0.15) is 71.5 Å². The molecule has 2 aromatic carbocycles. The normalized spacial score (nSPS) is 26.3. The molecule has 3 fully saturated rings. The number of ether oxygens (including phenoxy) is 1. The molecule has 2 saturated heterocycles. The van der Waals surface area contributed by atoms with Crippen LogP contribution in [0.2, 0.25) is 0 Å². The minimum absolute atomic E-state index is 0.0982. The number of rotatable bonds is 5. The molecule has 6 rings (SSSR count). The van der Waals surface area contributed by atoms with Crippen molar-refractivity contribution < 1.29 is 32.3 Å². The molecular formula is C29H30F3N3O4. The van der Waals surface area contributed by atoms with Crippen LogP contribution in [-0.4, -0.2) is 58.8 Å². The van der Waals surface area contributed by atoms with Crippen LogP contribution in [0.25, 0.3) is 0 Å². The topological polar surface area (TPSA) is 79.0 Å². The van der Waals surface area contributed by atoms with Crippen LogP contribution in [0.4, 0.5) is 13.2 Å². The van der Waals surface area contributed by atoms with Gasteiger partial charge in [0.1, 0.15) is 17.9 Å². The van der Waals surface area contributed by atoms with Gasteiger partial charge in [-0.05, 0) is 61.1 Å². The first kappa shape index (κ1) is 25.9. The number of hydrogen-bond acceptors (Lipinski definition) is 5. The van der Waals surface area contributed by atoms with E-state index in [0.29, 0.717) is 36.4 Å². The van der Waals surface area contributed by atoms with Crippen molar-refractivity contribution in [3.63, 3.8) is 0 Å². The summed E-state index contributed by atoms with van der Waals surface area (Å²) in [4.78, 5) is 40.6. The van der Waals surface area contributed by atoms with E-state index in [1.54, 1.807) is 24.3 Å². The lowest BCUT2D eigenvalue weighted by Crippen LogP contribution is -2.57. The standard InChI is InChI=1S/C29H30F3N3O4/c30-29(31,32)22-6-2-1-5-20(22)18-14-34(15-18)23-7-3-4-8-25(23)39-19-9-10-21-17(13-19)16-35(28(21)38)24-11-12-26(36)33-27(24)37/h1-2,5-6,9-10,13,18,23-25H,3-4,7-8,11-12,14-16H2,(H,33,36,37)/t23-,24?,25-/m1/s1. The van der Waals surface area contributed by atoms with Crippen LogP contribution in [0.5, 0.6) is 5.75 Å². The molecule has 1 unspecified atom stereocenters. The Hall–Kier alpha value is -3.40. The van der Waals surface area contributed by atoms with Crippen molar-refractivity contribution in [2.45, 2.75) is 75.4 Å². The average Bonchev–Trinajstić information content (AvgIpc) is 3.19. The lowest BCUT2D eigenvalue weighted by atomic mass is 9.83. The number of piperidine rings is 1. The summed E-state index contributed by atoms with van der Waals surface area (Å²) >= 11 is 0. The summed E-state index contributed by atoms with van der Waals surface area (Å²) in [6.45, 7) is 1.41. The smallest absolute Gasteiger partial charge is 0.416 e. The Morgan fingerprint density at radius 1 is 0.949 bits per heavy atom. The van der Waals surface area contributed by atoms with Gasteiger partial charge in [-0.3, -0.25) is 24.6 Å². The van der Waals surface area contributed by atoms with Crippen molar-refractivity contribution in [2.24, 2.45) is 0 Å². The molecule has 3 heterocycles. The first-order valence-electron chi connectivity index (χ1n) is 13.5. The second kappa shape index (κ2) is 9.97. The molecule has 4 aliphatic rings. The number of nitrogens with one attached hydrogen (secondary N) is 1. The fourth-order valence-corrected chi connectivity index (χ4v) is 6.52. The summed E-state index contributed by atoms with van der Waals surface area (Å²) in [7, 11) is 0. The number of alkyl halides is 3. The van der Waals surface area contributed by atoms with Gasteiger partial charge in [0, 0.05) is 43.6 Å². The number of carbonyl (C=O) groups is 3. The van der Waals surface area contributed by atoms with Gasteiger partial charge < -0.3 is 9.64 Å². The highest BCUT2D eigenvalue weighted by molar-refractivity contribution is 6.05. The lowest BCUT2D eigenvalue weighted by molar-refractivity contribution is -0.139. The highest BCUT2D eigenvalue weighted by atomic mass is 19.4. The molecule has 3 amide bonds. The summed E-state index contributed by atoms with van der Waals surface area (Å²) in [5.74, 6) is -0.513. The molecule has 0 bridgehead atoms. The Labute approximate surface area is 224 Å². The Balaban J connectivity index is 1.12. The Morgan fingerprint density at radius 3 is 2.49 bits per heavy atom. The van der Waals surface area contributed by atoms with Gasteiger partial charge in [-0.15, -0.1) is 0 Å². The third-order valence-electron chi connectivity index (χ3n) is 8.53. The summed E-state index contributed by atoms with van der Waals surface area (Å²) in [6, 6.07) is 10.6. The minimum Gasteiger partial charge on any atom is -0.489 e. The molecule has 39 heavy (non-hydrogen) atoms. The van der Waals surface area contributed by atoms with Gasteiger partial charge in [0.05, 0.1) is 5.56 Å². The van der Waals surface area contributed by atoms with Gasteiger partial charge in [-0.2, -0.15) is 13.2 Å². The number of imide groups is 1. The number of hydrogen-bond donors (Lipinski definition) is 1. The summed E-state index contributed by atoms with van der Waals surface area (Å²) in [5.41, 5.74) is 1.12. The van der Waals surface area contributed by atoms with Crippen molar-refractivity contribution >= 4 is 17.7 Å². The molecule has 2 aromatic rings. The van der Waals surface area contributed by atoms with Crippen LogP contribution in [0.15, 0.2) is 42.5 Å². The molecular weight excluding hydrogens is 511 g/mol. The van der Waals surface area contributed by atoms with E-state index in [1.807, 2.05) is 6.07 Å². The van der Waals surface area contributed by atoms with E-state index < -0.39 is 23.7 Å². The van der Waals surface area contributed by atoms with Gasteiger partial charge in [0.25, 0.3) is 5.91 Å². The zero-order valence-electron chi connectivity index (χ0n) is 21.4. The van der Waals surface area contributed by atoms with Crippen LogP contribution < -0.4 is 10.1 Å². The SMILES string of the molecule is O=C1CCC(N2Cc3cc(O[C@@H]4CCCC[C@H]4N4CC(c5ccccc5C(F)(F)F)C4)ccc3C2=O)C(=O)N1. The number of halogens is 3. The number of amides is 3. The third-order valence-corrected chi connectivity index (χ3v) is 8.53. The number of likely N-dealkylation sites (tertiary alicyclic amines) is 1. The maximum Gasteiger partial charge on any atom is 0.416 e. The molecule has 7 nitrogen and oxygen atoms in total. The highest BCUT2D eigenvalue weighted by Crippen LogP contribution is 2.41. The molecule has 0 aromatic heterocycles. The number of nitrogens with zero attached hydrogens (tertiary/aromatic N) is 2. The van der Waals surface area contributed by atoms with E-state index in [2.05, 4.69) is 10.2 Å². The Kier molecular flexibility index (Phi) is 6.61. The van der Waals surface area contributed by atoms with E-state index >= 15 is 0 Å². The van der Waals surface area contributed by atoms with Crippen LogP contribution in [0, 0.1) is 0 Å². The van der Waals surface area contributed by atoms with E-state index in [0.717, 1.165) is 37.3 Å². The number of benzene rings is 2. The van der Waals surface area contributed by atoms with Crippen molar-refractivity contribution in [2.75, 3.05) is 13.1 Å². The molecule has 3 aliphatic heterocycles. The molecule has 3 atom stereocenters. The molecule has 10 heteroatoms. The van der Waals surface area contributed by atoms with E-state index in [-0.39, 0.29) is 42.8 Å². The monoisotopic (exact) mass is 541 g/mol. The fraction of sp³-hybridized carbons (Fsp3) is 0.483. The van der Waals surface area contributed by atoms with E-state index in [9.17, 15) is 27.6 Å². The molecule has 0 spiro atoms. The van der Waals surface area contributed by atoms with Crippen molar-refractivity contribution in [3.8, 4) is 5.75 Å². The zero-order chi connectivity index (χ0) is 27.3. The largest absolute Gasteiger partial charge is 0.489 e. The Bertz CT molecular complexity index is 1310. The second-order valence-corrected chi connectivity index (χ2v) is 11.0. The molecule has 1 aliphatic carbocycles. The maximum atomic E-state index is 13.5. The second-order valence-electron chi connectivity index (χ2n) is 11.0. The molecule has 1 N–H and O–H groups in total. The Morgan fingerprint density at radius 2 is 1.72 bits per heavy atom. The quantitative estimate of drug-likeness (QED) is 0.573. The predicted octanol–water partition coefficient (Wildman–Crippen LogP) is 4.26. The van der Waals surface area contributed by atoms with E-state index in [4.69, 9.17) is 4.74 Å². The zero-order valence-corrected chi connectivity index (χ0v) is 21.4. The summed E-state index contributed by atoms with van der Waals surface area (Å²) in [6.07, 6.45) is -0.120. The first-order valence-corrected chi connectivity index (χ1v) is 13.5. The van der Waals surface area contributed by atoms with Gasteiger partial charge in [0.2, 0.25) is 11.8 Å².